The lowest BCUT2D eigenvalue weighted by Gasteiger charge is -2.21. The summed E-state index contributed by atoms with van der Waals surface area (Å²) in [4.78, 5) is 73.1. The summed E-state index contributed by atoms with van der Waals surface area (Å²) in [5, 5.41) is 10.7. The Morgan fingerprint density at radius 1 is 0.282 bits per heavy atom. The van der Waals surface area contributed by atoms with Crippen molar-refractivity contribution in [3.63, 3.8) is 0 Å². The number of aliphatic hydroxyl groups excluding tert-OH is 1. The molecule has 0 heterocycles. The Labute approximate surface area is 632 Å². The van der Waals surface area contributed by atoms with E-state index >= 15 is 0 Å². The van der Waals surface area contributed by atoms with Crippen molar-refractivity contribution in [2.45, 2.75) is 464 Å². The lowest BCUT2D eigenvalue weighted by molar-refractivity contribution is -0.161. The van der Waals surface area contributed by atoms with Crippen molar-refractivity contribution in [2.75, 3.05) is 39.6 Å². The Kier molecular flexibility index (Phi) is 74.1. The SMILES string of the molecule is CCCCCCCCCCCCCCCCCCCCCC(=O)OC[C@H](COP(=O)(O)OC[C@@H](O)COP(=O)(O)OC[C@@H](COC(=O)CCCCCCCCC(C)CC)OC(=O)CCCCCCCCCCCCCCC)OC(=O)CCCCCCCCCCCCCCCCCCCCC(C)C. The van der Waals surface area contributed by atoms with Gasteiger partial charge in [-0.05, 0) is 37.5 Å². The number of ether oxygens (including phenoxy) is 4. The lowest BCUT2D eigenvalue weighted by atomic mass is 10.00. The number of esters is 4. The first-order valence-corrected chi connectivity index (χ1v) is 46.5. The molecule has 19 heteroatoms. The van der Waals surface area contributed by atoms with Gasteiger partial charge >= 0.3 is 39.5 Å². The van der Waals surface area contributed by atoms with Crippen LogP contribution in [0.2, 0.25) is 0 Å². The number of rotatable bonds is 83. The van der Waals surface area contributed by atoms with Gasteiger partial charge in [-0.25, -0.2) is 9.13 Å². The van der Waals surface area contributed by atoms with Crippen LogP contribution in [0.25, 0.3) is 0 Å². The van der Waals surface area contributed by atoms with Gasteiger partial charge in [0.25, 0.3) is 0 Å². The summed E-state index contributed by atoms with van der Waals surface area (Å²) in [6.45, 7) is 9.65. The van der Waals surface area contributed by atoms with Gasteiger partial charge in [-0.1, -0.05) is 395 Å². The van der Waals surface area contributed by atoms with E-state index in [0.717, 1.165) is 108 Å². The summed E-state index contributed by atoms with van der Waals surface area (Å²) in [7, 11) is -9.92. The van der Waals surface area contributed by atoms with Crippen molar-refractivity contribution in [1.29, 1.82) is 0 Å². The van der Waals surface area contributed by atoms with Crippen LogP contribution in [0.3, 0.4) is 0 Å². The smallest absolute Gasteiger partial charge is 0.462 e. The molecule has 0 fully saturated rings. The number of hydrogen-bond acceptors (Lipinski definition) is 15. The number of hydrogen-bond donors (Lipinski definition) is 3. The second kappa shape index (κ2) is 75.5. The van der Waals surface area contributed by atoms with E-state index in [1.165, 1.54) is 257 Å². The second-order valence-corrected chi connectivity index (χ2v) is 33.8. The fourth-order valence-corrected chi connectivity index (χ4v) is 14.6. The standard InChI is InChI=1S/C84H164O17P2/c1-7-10-12-14-16-18-20-22-23-24-25-29-32-36-39-43-47-54-60-66-81(86)94-72-79(100-83(88)69-63-57-49-45-41-37-33-30-27-26-28-31-35-38-42-46-52-58-64-76(4)5)74-98-102(90,91)96-70-78(85)71-97-103(92,93)99-75-80(73-95-82(87)67-61-55-51-50-53-59-65-77(6)9-3)101-84(89)68-62-56-48-44-40-34-21-19-17-15-13-11-8-2/h76-80,85H,7-75H2,1-6H3,(H,90,91)(H,92,93)/t77?,78-,79-,80-/m1/s1. The number of aliphatic hydroxyl groups is 1. The summed E-state index contributed by atoms with van der Waals surface area (Å²) >= 11 is 0. The van der Waals surface area contributed by atoms with Crippen LogP contribution in [-0.4, -0.2) is 96.7 Å². The Bertz CT molecular complexity index is 1980. The normalized spacial score (nSPS) is 14.1. The quantitative estimate of drug-likeness (QED) is 0.0222. The zero-order valence-corrected chi connectivity index (χ0v) is 69.4. The maximum Gasteiger partial charge on any atom is 0.472 e. The van der Waals surface area contributed by atoms with Gasteiger partial charge < -0.3 is 33.8 Å². The summed E-state index contributed by atoms with van der Waals surface area (Å²) in [5.74, 6) is -0.554. The number of carbonyl (C=O) groups is 4. The average molecular weight is 1510 g/mol. The molecule has 0 rings (SSSR count). The Hall–Kier alpha value is -1.94. The van der Waals surface area contributed by atoms with Gasteiger partial charge in [-0.3, -0.25) is 37.3 Å². The zero-order valence-electron chi connectivity index (χ0n) is 67.6. The van der Waals surface area contributed by atoms with Crippen LogP contribution in [0.15, 0.2) is 0 Å². The molecule has 3 N–H and O–H groups in total. The van der Waals surface area contributed by atoms with E-state index in [2.05, 4.69) is 41.5 Å². The highest BCUT2D eigenvalue weighted by atomic mass is 31.2. The van der Waals surface area contributed by atoms with Gasteiger partial charge in [-0.15, -0.1) is 0 Å². The molecule has 3 unspecified atom stereocenters. The minimum absolute atomic E-state index is 0.107. The molecule has 0 spiro atoms. The Morgan fingerprint density at radius 2 is 0.495 bits per heavy atom. The van der Waals surface area contributed by atoms with Gasteiger partial charge in [0.05, 0.1) is 26.4 Å². The highest BCUT2D eigenvalue weighted by molar-refractivity contribution is 7.47. The monoisotopic (exact) mass is 1510 g/mol. The van der Waals surface area contributed by atoms with Crippen LogP contribution in [0.4, 0.5) is 0 Å². The molecule has 612 valence electrons. The van der Waals surface area contributed by atoms with E-state index in [9.17, 15) is 43.2 Å². The summed E-state index contributed by atoms with van der Waals surface area (Å²) in [5.41, 5.74) is 0. The first-order chi connectivity index (χ1) is 49.9. The fourth-order valence-electron chi connectivity index (χ4n) is 13.0. The van der Waals surface area contributed by atoms with E-state index in [-0.39, 0.29) is 25.7 Å². The van der Waals surface area contributed by atoms with Gasteiger partial charge in [-0.2, -0.15) is 0 Å². The Balaban J connectivity index is 5.22. The molecule has 0 aromatic carbocycles. The lowest BCUT2D eigenvalue weighted by Crippen LogP contribution is -2.30. The number of phosphoric acid groups is 2. The number of carbonyl (C=O) groups excluding carboxylic acids is 4. The first-order valence-electron chi connectivity index (χ1n) is 43.5. The van der Waals surface area contributed by atoms with Gasteiger partial charge in [0.1, 0.15) is 19.3 Å². The van der Waals surface area contributed by atoms with Crippen molar-refractivity contribution in [1.82, 2.24) is 0 Å². The number of unbranched alkanes of at least 4 members (excludes halogenated alkanes) is 52. The molecule has 0 aliphatic rings. The largest absolute Gasteiger partial charge is 0.472 e. The molecule has 0 saturated heterocycles. The van der Waals surface area contributed by atoms with Crippen molar-refractivity contribution in [2.24, 2.45) is 11.8 Å². The summed E-state index contributed by atoms with van der Waals surface area (Å²) in [6, 6.07) is 0. The van der Waals surface area contributed by atoms with Crippen molar-refractivity contribution in [3.8, 4) is 0 Å². The molecule has 17 nitrogen and oxygen atoms in total. The molecule has 0 radical (unpaired) electrons. The minimum Gasteiger partial charge on any atom is -0.462 e. The first kappa shape index (κ1) is 101. The predicted molar refractivity (Wildman–Crippen MR) is 423 cm³/mol. The molecule has 0 aliphatic heterocycles. The molecule has 0 amide bonds. The van der Waals surface area contributed by atoms with Crippen LogP contribution in [-0.2, 0) is 65.4 Å². The average Bonchev–Trinajstić information content (AvgIpc) is 0.951. The molecule has 0 aromatic rings. The third kappa shape index (κ3) is 76.6. The summed E-state index contributed by atoms with van der Waals surface area (Å²) in [6.07, 6.45) is 66.7. The molecule has 0 bridgehead atoms. The second-order valence-electron chi connectivity index (χ2n) is 30.9. The predicted octanol–water partition coefficient (Wildman–Crippen LogP) is 25.5. The molecule has 6 atom stereocenters. The highest BCUT2D eigenvalue weighted by Gasteiger charge is 2.30. The minimum atomic E-state index is -4.96. The summed E-state index contributed by atoms with van der Waals surface area (Å²) < 4.78 is 68.8. The van der Waals surface area contributed by atoms with Gasteiger partial charge in [0.15, 0.2) is 12.2 Å². The van der Waals surface area contributed by atoms with Crippen molar-refractivity contribution < 1.29 is 80.2 Å². The Morgan fingerprint density at radius 3 is 0.738 bits per heavy atom. The van der Waals surface area contributed by atoms with Crippen LogP contribution < -0.4 is 0 Å². The third-order valence-electron chi connectivity index (χ3n) is 20.1. The van der Waals surface area contributed by atoms with E-state index in [1.807, 2.05) is 0 Å². The van der Waals surface area contributed by atoms with Crippen LogP contribution in [0.5, 0.6) is 0 Å². The van der Waals surface area contributed by atoms with Crippen molar-refractivity contribution in [3.05, 3.63) is 0 Å². The highest BCUT2D eigenvalue weighted by Crippen LogP contribution is 2.45. The molecular formula is C84H164O17P2. The fraction of sp³-hybridized carbons (Fsp3) is 0.952. The maximum atomic E-state index is 13.1. The van der Waals surface area contributed by atoms with Gasteiger partial charge in [0.2, 0.25) is 0 Å². The van der Waals surface area contributed by atoms with E-state index in [4.69, 9.17) is 37.0 Å². The number of phosphoric ester groups is 2. The molecule has 103 heavy (non-hydrogen) atoms. The van der Waals surface area contributed by atoms with E-state index in [0.29, 0.717) is 25.7 Å². The topological polar surface area (TPSA) is 237 Å². The van der Waals surface area contributed by atoms with Crippen LogP contribution in [0.1, 0.15) is 446 Å². The zero-order chi connectivity index (χ0) is 75.6. The van der Waals surface area contributed by atoms with Crippen LogP contribution in [0, 0.1) is 11.8 Å². The van der Waals surface area contributed by atoms with Gasteiger partial charge in [0, 0.05) is 25.7 Å². The maximum absolute atomic E-state index is 13.1. The van der Waals surface area contributed by atoms with Crippen molar-refractivity contribution >= 4 is 39.5 Å². The van der Waals surface area contributed by atoms with E-state index in [1.54, 1.807) is 0 Å². The van der Waals surface area contributed by atoms with E-state index < -0.39 is 97.5 Å². The molecule has 0 saturated carbocycles. The molecule has 0 aliphatic carbocycles. The molecule has 0 aromatic heterocycles. The van der Waals surface area contributed by atoms with Crippen LogP contribution >= 0.6 is 15.6 Å². The molecular weight excluding hydrogens is 1340 g/mol. The third-order valence-corrected chi connectivity index (χ3v) is 22.0.